The number of hydrogen-bond donors (Lipinski definition) is 0. The second kappa shape index (κ2) is 68.6. The van der Waals surface area contributed by atoms with E-state index >= 15 is 0 Å². The summed E-state index contributed by atoms with van der Waals surface area (Å²) >= 11 is 0. The highest BCUT2D eigenvalue weighted by molar-refractivity contribution is 5.71. The van der Waals surface area contributed by atoms with Crippen LogP contribution in [0.1, 0.15) is 329 Å². The lowest BCUT2D eigenvalue weighted by Crippen LogP contribution is -2.30. The first-order valence-electron chi connectivity index (χ1n) is 34.4. The average Bonchev–Trinajstić information content (AvgIpc) is 3.47. The van der Waals surface area contributed by atoms with E-state index in [9.17, 15) is 14.4 Å². The topological polar surface area (TPSA) is 78.9 Å². The van der Waals surface area contributed by atoms with Crippen LogP contribution in [-0.2, 0) is 28.6 Å². The first-order valence-corrected chi connectivity index (χ1v) is 34.4. The van der Waals surface area contributed by atoms with Crippen LogP contribution in [0.5, 0.6) is 0 Å². The van der Waals surface area contributed by atoms with Crippen LogP contribution in [0.15, 0.2) is 109 Å². The number of ether oxygens (including phenoxy) is 3. The molecule has 0 heterocycles. The van der Waals surface area contributed by atoms with Crippen molar-refractivity contribution in [3.8, 4) is 0 Å². The van der Waals surface area contributed by atoms with Gasteiger partial charge < -0.3 is 14.2 Å². The Morgan fingerprint density at radius 1 is 0.259 bits per heavy atom. The van der Waals surface area contributed by atoms with Gasteiger partial charge in [0.25, 0.3) is 0 Å². The number of esters is 3. The molecule has 0 aromatic heterocycles. The van der Waals surface area contributed by atoms with Crippen LogP contribution in [-0.4, -0.2) is 37.2 Å². The van der Waals surface area contributed by atoms with Crippen LogP contribution in [0.4, 0.5) is 0 Å². The molecule has 0 aliphatic carbocycles. The fourth-order valence-electron chi connectivity index (χ4n) is 9.70. The summed E-state index contributed by atoms with van der Waals surface area (Å²) in [5, 5.41) is 0. The Kier molecular flexibility index (Phi) is 65.2. The minimum atomic E-state index is -0.796. The second-order valence-electron chi connectivity index (χ2n) is 22.7. The minimum Gasteiger partial charge on any atom is -0.462 e. The summed E-state index contributed by atoms with van der Waals surface area (Å²) in [6.45, 7) is 6.43. The fraction of sp³-hybridized carbons (Fsp3) is 0.720. The van der Waals surface area contributed by atoms with E-state index in [0.29, 0.717) is 19.3 Å². The van der Waals surface area contributed by atoms with Crippen molar-refractivity contribution >= 4 is 17.9 Å². The molecule has 0 bridgehead atoms. The lowest BCUT2D eigenvalue weighted by Gasteiger charge is -2.18. The third-order valence-electron chi connectivity index (χ3n) is 14.8. The van der Waals surface area contributed by atoms with Crippen molar-refractivity contribution in [2.45, 2.75) is 335 Å². The third kappa shape index (κ3) is 66.8. The van der Waals surface area contributed by atoms with Crippen LogP contribution < -0.4 is 0 Å². The normalized spacial score (nSPS) is 12.8. The zero-order valence-electron chi connectivity index (χ0n) is 53.3. The number of hydrogen-bond acceptors (Lipinski definition) is 6. The molecule has 0 aliphatic rings. The number of rotatable bonds is 62. The Balaban J connectivity index is 4.41. The predicted octanol–water partition coefficient (Wildman–Crippen LogP) is 23.8. The molecule has 0 saturated carbocycles. The van der Waals surface area contributed by atoms with Gasteiger partial charge in [-0.3, -0.25) is 14.4 Å². The maximum Gasteiger partial charge on any atom is 0.306 e. The van der Waals surface area contributed by atoms with E-state index in [1.54, 1.807) is 0 Å². The molecule has 0 aromatic carbocycles. The summed E-state index contributed by atoms with van der Waals surface area (Å²) in [6.07, 6.45) is 93.9. The summed E-state index contributed by atoms with van der Waals surface area (Å²) in [5.41, 5.74) is 0. The standard InChI is InChI=1S/C75H128O6/c1-4-7-10-13-16-19-22-25-28-31-33-35-37-39-41-44-47-50-53-56-59-62-65-68-74(77)80-71-72(70-79-73(76)67-64-61-58-55-52-49-46-43-30-27-24-21-18-15-12-9-6-3)81-75(78)69-66-63-60-57-54-51-48-45-42-40-38-36-34-32-29-26-23-20-17-14-11-8-5-2/h7,9-10,12,16,18-19,21,25,27-28,30,33,35,39,41,47,50,72H,4-6,8,11,13-15,17,20,22-24,26,29,31-32,34,36-38,40,42-46,48-49,51-71H2,1-3H3/b10-7-,12-9-,19-16-,21-18-,28-25-,30-27-,35-33-,41-39-,50-47-. The zero-order chi connectivity index (χ0) is 58.5. The van der Waals surface area contributed by atoms with Crippen molar-refractivity contribution in [2.24, 2.45) is 0 Å². The summed E-state index contributed by atoms with van der Waals surface area (Å²) in [4.78, 5) is 38.5. The molecule has 464 valence electrons. The van der Waals surface area contributed by atoms with Gasteiger partial charge in [0.2, 0.25) is 0 Å². The molecular formula is C75H128O6. The molecule has 0 rings (SSSR count). The fourth-order valence-corrected chi connectivity index (χ4v) is 9.70. The first-order chi connectivity index (χ1) is 40.0. The molecule has 0 aromatic rings. The van der Waals surface area contributed by atoms with Gasteiger partial charge >= 0.3 is 17.9 Å². The van der Waals surface area contributed by atoms with E-state index in [-0.39, 0.29) is 31.1 Å². The second-order valence-corrected chi connectivity index (χ2v) is 22.7. The van der Waals surface area contributed by atoms with E-state index < -0.39 is 6.10 Å². The molecule has 1 atom stereocenters. The van der Waals surface area contributed by atoms with E-state index in [1.165, 1.54) is 154 Å². The van der Waals surface area contributed by atoms with E-state index in [0.717, 1.165) is 135 Å². The largest absolute Gasteiger partial charge is 0.462 e. The molecule has 6 heteroatoms. The molecule has 0 N–H and O–H groups in total. The summed E-state index contributed by atoms with van der Waals surface area (Å²) < 4.78 is 17.0. The van der Waals surface area contributed by atoms with E-state index in [2.05, 4.69) is 130 Å². The Morgan fingerprint density at radius 3 is 0.753 bits per heavy atom. The first kappa shape index (κ1) is 77.1. The number of allylic oxidation sites excluding steroid dienone is 18. The van der Waals surface area contributed by atoms with Crippen LogP contribution in [0.2, 0.25) is 0 Å². The lowest BCUT2D eigenvalue weighted by molar-refractivity contribution is -0.167. The number of carbonyl (C=O) groups is 3. The van der Waals surface area contributed by atoms with Gasteiger partial charge in [-0.15, -0.1) is 0 Å². The highest BCUT2D eigenvalue weighted by Gasteiger charge is 2.19. The van der Waals surface area contributed by atoms with Crippen LogP contribution in [0.3, 0.4) is 0 Å². The third-order valence-corrected chi connectivity index (χ3v) is 14.8. The highest BCUT2D eigenvalue weighted by atomic mass is 16.6. The Labute approximate surface area is 501 Å². The molecule has 81 heavy (non-hydrogen) atoms. The molecule has 0 amide bonds. The van der Waals surface area contributed by atoms with Gasteiger partial charge in [0, 0.05) is 19.3 Å². The van der Waals surface area contributed by atoms with Crippen LogP contribution in [0.25, 0.3) is 0 Å². The Bertz CT molecular complexity index is 1620. The zero-order valence-corrected chi connectivity index (χ0v) is 53.3. The van der Waals surface area contributed by atoms with Gasteiger partial charge in [0.05, 0.1) is 0 Å². The molecular weight excluding hydrogens is 997 g/mol. The van der Waals surface area contributed by atoms with Gasteiger partial charge in [-0.25, -0.2) is 0 Å². The van der Waals surface area contributed by atoms with Crippen molar-refractivity contribution in [1.29, 1.82) is 0 Å². The molecule has 0 aliphatic heterocycles. The monoisotopic (exact) mass is 1120 g/mol. The molecule has 1 unspecified atom stereocenters. The summed E-state index contributed by atoms with van der Waals surface area (Å²) in [6, 6.07) is 0. The quantitative estimate of drug-likeness (QED) is 0.0261. The molecule has 6 nitrogen and oxygen atoms in total. The van der Waals surface area contributed by atoms with Crippen LogP contribution in [0, 0.1) is 0 Å². The predicted molar refractivity (Wildman–Crippen MR) is 353 cm³/mol. The Hall–Kier alpha value is -3.93. The molecule has 0 radical (unpaired) electrons. The van der Waals surface area contributed by atoms with Crippen molar-refractivity contribution < 1.29 is 28.6 Å². The van der Waals surface area contributed by atoms with Gasteiger partial charge in [0.1, 0.15) is 13.2 Å². The average molecular weight is 1130 g/mol. The maximum atomic E-state index is 13.0. The van der Waals surface area contributed by atoms with Crippen molar-refractivity contribution in [3.05, 3.63) is 109 Å². The SMILES string of the molecule is CC/C=C\C/C=C\C/C=C\C/C=C\C/C=C\C/C=C\CCCCCCC(=O)OCC(COC(=O)CCCCCCCCC/C=C\C/C=C\C/C=C\CC)OC(=O)CCCCCCCCCCCCCCCCCCCCCCCCC. The lowest BCUT2D eigenvalue weighted by atomic mass is 10.0. The summed E-state index contributed by atoms with van der Waals surface area (Å²) in [5.74, 6) is -0.911. The highest BCUT2D eigenvalue weighted by Crippen LogP contribution is 2.17. The molecule has 0 fully saturated rings. The summed E-state index contributed by atoms with van der Waals surface area (Å²) in [7, 11) is 0. The Morgan fingerprint density at radius 2 is 0.481 bits per heavy atom. The van der Waals surface area contributed by atoms with Crippen molar-refractivity contribution in [1.82, 2.24) is 0 Å². The smallest absolute Gasteiger partial charge is 0.306 e. The van der Waals surface area contributed by atoms with Crippen molar-refractivity contribution in [3.63, 3.8) is 0 Å². The van der Waals surface area contributed by atoms with Gasteiger partial charge in [-0.2, -0.15) is 0 Å². The maximum absolute atomic E-state index is 13.0. The number of carbonyl (C=O) groups excluding carboxylic acids is 3. The molecule has 0 saturated heterocycles. The van der Waals surface area contributed by atoms with Gasteiger partial charge in [-0.05, 0) is 103 Å². The van der Waals surface area contributed by atoms with E-state index in [1.807, 2.05) is 0 Å². The van der Waals surface area contributed by atoms with Gasteiger partial charge in [-0.1, -0.05) is 316 Å². The van der Waals surface area contributed by atoms with Gasteiger partial charge in [0.15, 0.2) is 6.10 Å². The molecule has 0 spiro atoms. The van der Waals surface area contributed by atoms with Crippen LogP contribution >= 0.6 is 0 Å². The van der Waals surface area contributed by atoms with Crippen molar-refractivity contribution in [2.75, 3.05) is 13.2 Å². The minimum absolute atomic E-state index is 0.0904. The van der Waals surface area contributed by atoms with E-state index in [4.69, 9.17) is 14.2 Å². The number of unbranched alkanes of at least 4 members (excludes halogenated alkanes) is 33.